The van der Waals surface area contributed by atoms with Gasteiger partial charge in [-0.15, -0.1) is 0 Å². The molecule has 0 aliphatic heterocycles. The summed E-state index contributed by atoms with van der Waals surface area (Å²) >= 11 is 0. The van der Waals surface area contributed by atoms with Gasteiger partial charge in [0, 0.05) is 11.8 Å². The van der Waals surface area contributed by atoms with Crippen molar-refractivity contribution in [1.82, 2.24) is 5.16 Å². The molecule has 0 unspecified atom stereocenters. The third kappa shape index (κ3) is 1.65. The molecule has 0 aromatic carbocycles. The van der Waals surface area contributed by atoms with Crippen molar-refractivity contribution < 1.29 is 27.3 Å². The molecular formula is C10H8F3NO3. The summed E-state index contributed by atoms with van der Waals surface area (Å²) in [5.41, 5.74) is -3.20. The summed E-state index contributed by atoms with van der Waals surface area (Å²) in [6.45, 7) is 2.96. The molecule has 1 aromatic heterocycles. The van der Waals surface area contributed by atoms with Crippen LogP contribution in [0.15, 0.2) is 4.52 Å². The summed E-state index contributed by atoms with van der Waals surface area (Å²) in [6.07, 6.45) is -4.86. The van der Waals surface area contributed by atoms with Gasteiger partial charge >= 0.3 is 6.18 Å². The van der Waals surface area contributed by atoms with Crippen LogP contribution in [-0.2, 0) is 17.4 Å². The molecule has 0 spiro atoms. The van der Waals surface area contributed by atoms with Crippen LogP contribution < -0.4 is 0 Å². The van der Waals surface area contributed by atoms with Gasteiger partial charge in [0.05, 0.1) is 0 Å². The summed E-state index contributed by atoms with van der Waals surface area (Å²) in [5, 5.41) is 2.85. The van der Waals surface area contributed by atoms with Gasteiger partial charge in [0.1, 0.15) is 11.3 Å². The first-order chi connectivity index (χ1) is 7.64. The summed E-state index contributed by atoms with van der Waals surface area (Å²) in [6, 6.07) is 0. The van der Waals surface area contributed by atoms with Gasteiger partial charge in [0.25, 0.3) is 0 Å². The highest BCUT2D eigenvalue weighted by molar-refractivity contribution is 6.46. The van der Waals surface area contributed by atoms with E-state index in [1.54, 1.807) is 0 Å². The van der Waals surface area contributed by atoms with Gasteiger partial charge in [0.2, 0.25) is 11.6 Å². The molecular weight excluding hydrogens is 239 g/mol. The van der Waals surface area contributed by atoms with Crippen LogP contribution in [0, 0.1) is 5.41 Å². The number of hydrogen-bond donors (Lipinski definition) is 0. The Morgan fingerprint density at radius 2 is 1.88 bits per heavy atom. The molecule has 0 amide bonds. The number of halogens is 3. The molecule has 0 fully saturated rings. The lowest BCUT2D eigenvalue weighted by Crippen LogP contribution is -2.38. The lowest BCUT2D eigenvalue weighted by Gasteiger charge is -2.25. The maximum Gasteiger partial charge on any atom is 0.437 e. The SMILES string of the molecule is CC1(C)Cc2onc(C(F)(F)F)c2C(=O)C1=O. The van der Waals surface area contributed by atoms with E-state index in [-0.39, 0.29) is 12.2 Å². The van der Waals surface area contributed by atoms with Crippen molar-refractivity contribution >= 4 is 11.6 Å². The molecule has 1 aromatic rings. The van der Waals surface area contributed by atoms with E-state index in [4.69, 9.17) is 0 Å². The van der Waals surface area contributed by atoms with Gasteiger partial charge in [-0.3, -0.25) is 9.59 Å². The zero-order chi connectivity index (χ0) is 13.0. The number of rotatable bonds is 0. The normalized spacial score (nSPS) is 19.4. The summed E-state index contributed by atoms with van der Waals surface area (Å²) in [7, 11) is 0. The van der Waals surface area contributed by atoms with Gasteiger partial charge in [-0.2, -0.15) is 13.2 Å². The van der Waals surface area contributed by atoms with Crippen LogP contribution in [0.1, 0.15) is 35.7 Å². The fraction of sp³-hybridized carbons (Fsp3) is 0.500. The molecule has 0 saturated carbocycles. The van der Waals surface area contributed by atoms with E-state index in [9.17, 15) is 22.8 Å². The smallest absolute Gasteiger partial charge is 0.360 e. The minimum atomic E-state index is -4.80. The highest BCUT2D eigenvalue weighted by Crippen LogP contribution is 2.39. The molecule has 7 heteroatoms. The lowest BCUT2D eigenvalue weighted by molar-refractivity contribution is -0.143. The molecule has 1 heterocycles. The van der Waals surface area contributed by atoms with Crippen LogP contribution in [0.2, 0.25) is 0 Å². The molecule has 0 saturated heterocycles. The molecule has 1 aliphatic rings. The largest absolute Gasteiger partial charge is 0.437 e. The predicted octanol–water partition coefficient (Wildman–Crippen LogP) is 2.03. The minimum Gasteiger partial charge on any atom is -0.360 e. The van der Waals surface area contributed by atoms with E-state index in [2.05, 4.69) is 9.68 Å². The van der Waals surface area contributed by atoms with E-state index in [0.717, 1.165) is 0 Å². The summed E-state index contributed by atoms with van der Waals surface area (Å²) < 4.78 is 42.1. The Hall–Kier alpha value is -1.66. The third-order valence-corrected chi connectivity index (χ3v) is 2.68. The minimum absolute atomic E-state index is 0.0595. The fourth-order valence-electron chi connectivity index (χ4n) is 1.77. The van der Waals surface area contributed by atoms with Crippen LogP contribution in [0.4, 0.5) is 13.2 Å². The molecule has 4 nitrogen and oxygen atoms in total. The first kappa shape index (κ1) is 11.8. The topological polar surface area (TPSA) is 60.2 Å². The molecule has 0 radical (unpaired) electrons. The Balaban J connectivity index is 2.62. The number of hydrogen-bond acceptors (Lipinski definition) is 4. The van der Waals surface area contributed by atoms with Gasteiger partial charge in [-0.1, -0.05) is 19.0 Å². The Labute approximate surface area is 93.8 Å². The fourth-order valence-corrected chi connectivity index (χ4v) is 1.77. The number of aromatic nitrogens is 1. The number of alkyl halides is 3. The van der Waals surface area contributed by atoms with E-state index in [1.165, 1.54) is 13.8 Å². The standard InChI is InChI=1S/C10H8F3NO3/c1-9(2)3-4-5(6(15)8(9)16)7(14-17-4)10(11,12)13/h3H2,1-2H3. The number of carbonyl (C=O) groups is 2. The molecule has 0 N–H and O–H groups in total. The molecule has 0 bridgehead atoms. The van der Waals surface area contributed by atoms with Crippen LogP contribution in [0.3, 0.4) is 0 Å². The summed E-state index contributed by atoms with van der Waals surface area (Å²) in [5.74, 6) is -2.20. The zero-order valence-corrected chi connectivity index (χ0v) is 9.01. The maximum atomic E-state index is 12.5. The second-order valence-electron chi connectivity index (χ2n) is 4.55. The molecule has 17 heavy (non-hydrogen) atoms. The van der Waals surface area contributed by atoms with Gasteiger partial charge in [-0.25, -0.2) is 0 Å². The number of carbonyl (C=O) groups excluding carboxylic acids is 2. The lowest BCUT2D eigenvalue weighted by atomic mass is 9.75. The molecule has 2 rings (SSSR count). The second-order valence-corrected chi connectivity index (χ2v) is 4.55. The van der Waals surface area contributed by atoms with Crippen molar-refractivity contribution in [2.24, 2.45) is 5.41 Å². The average molecular weight is 247 g/mol. The van der Waals surface area contributed by atoms with Crippen molar-refractivity contribution in [3.8, 4) is 0 Å². The number of fused-ring (bicyclic) bond motifs is 1. The zero-order valence-electron chi connectivity index (χ0n) is 9.01. The van der Waals surface area contributed by atoms with Crippen molar-refractivity contribution in [1.29, 1.82) is 0 Å². The van der Waals surface area contributed by atoms with Gasteiger partial charge in [0.15, 0.2) is 5.69 Å². The molecule has 0 atom stereocenters. The van der Waals surface area contributed by atoms with Crippen LogP contribution in [0.5, 0.6) is 0 Å². The highest BCUT2D eigenvalue weighted by Gasteiger charge is 2.49. The van der Waals surface area contributed by atoms with Crippen molar-refractivity contribution in [2.45, 2.75) is 26.4 Å². The number of nitrogens with zero attached hydrogens (tertiary/aromatic N) is 1. The first-order valence-corrected chi connectivity index (χ1v) is 4.79. The Bertz CT molecular complexity index is 513. The van der Waals surface area contributed by atoms with E-state index in [0.29, 0.717) is 0 Å². The van der Waals surface area contributed by atoms with Gasteiger partial charge < -0.3 is 4.52 Å². The monoisotopic (exact) mass is 247 g/mol. The molecule has 92 valence electrons. The predicted molar refractivity (Wildman–Crippen MR) is 48.3 cm³/mol. The Morgan fingerprint density at radius 1 is 1.29 bits per heavy atom. The van der Waals surface area contributed by atoms with Crippen LogP contribution in [-0.4, -0.2) is 16.7 Å². The Morgan fingerprint density at radius 3 is 2.41 bits per heavy atom. The van der Waals surface area contributed by atoms with Crippen LogP contribution >= 0.6 is 0 Å². The highest BCUT2D eigenvalue weighted by atomic mass is 19.4. The van der Waals surface area contributed by atoms with E-state index < -0.39 is 34.4 Å². The number of ketones is 2. The van der Waals surface area contributed by atoms with E-state index >= 15 is 0 Å². The quantitative estimate of drug-likeness (QED) is 0.658. The second kappa shape index (κ2) is 3.18. The van der Waals surface area contributed by atoms with Crippen molar-refractivity contribution in [3.63, 3.8) is 0 Å². The number of Topliss-reactive ketones (excluding diaryl/α,β-unsaturated/α-hetero) is 2. The Kier molecular flexibility index (Phi) is 2.21. The van der Waals surface area contributed by atoms with Crippen molar-refractivity contribution in [3.05, 3.63) is 17.0 Å². The van der Waals surface area contributed by atoms with Crippen LogP contribution in [0.25, 0.3) is 0 Å². The summed E-state index contributed by atoms with van der Waals surface area (Å²) in [4.78, 5) is 23.2. The maximum absolute atomic E-state index is 12.5. The molecule has 1 aliphatic carbocycles. The third-order valence-electron chi connectivity index (χ3n) is 2.68. The first-order valence-electron chi connectivity index (χ1n) is 4.79. The van der Waals surface area contributed by atoms with Gasteiger partial charge in [-0.05, 0) is 0 Å². The average Bonchev–Trinajstić information content (AvgIpc) is 2.56. The van der Waals surface area contributed by atoms with E-state index in [1.807, 2.05) is 0 Å². The van der Waals surface area contributed by atoms with Crippen molar-refractivity contribution in [2.75, 3.05) is 0 Å².